The van der Waals surface area contributed by atoms with Gasteiger partial charge in [0.25, 0.3) is 0 Å². The Bertz CT molecular complexity index is 336. The number of hydrogen-bond acceptors (Lipinski definition) is 4. The van der Waals surface area contributed by atoms with Crippen molar-refractivity contribution >= 4 is 5.97 Å². The highest BCUT2D eigenvalue weighted by Gasteiger charge is 2.20. The van der Waals surface area contributed by atoms with Crippen molar-refractivity contribution in [2.45, 2.75) is 32.7 Å². The Morgan fingerprint density at radius 2 is 2.38 bits per heavy atom. The predicted octanol–water partition coefficient (Wildman–Crippen LogP) is 0.898. The minimum absolute atomic E-state index is 0.229. The van der Waals surface area contributed by atoms with Crippen molar-refractivity contribution in [3.05, 3.63) is 18.0 Å². The van der Waals surface area contributed by atoms with E-state index in [1.807, 2.05) is 13.1 Å². The van der Waals surface area contributed by atoms with Crippen molar-refractivity contribution in [3.63, 3.8) is 0 Å². The summed E-state index contributed by atoms with van der Waals surface area (Å²) < 4.78 is 6.65. The van der Waals surface area contributed by atoms with Crippen LogP contribution >= 0.6 is 0 Å². The van der Waals surface area contributed by atoms with Gasteiger partial charge in [-0.1, -0.05) is 6.92 Å². The Labute approximate surface area is 95.6 Å². The first-order valence-electron chi connectivity index (χ1n) is 5.62. The molecule has 1 heterocycles. The molecule has 1 rings (SSSR count). The van der Waals surface area contributed by atoms with E-state index in [-0.39, 0.29) is 12.0 Å². The van der Waals surface area contributed by atoms with E-state index in [0.29, 0.717) is 19.6 Å². The van der Waals surface area contributed by atoms with Gasteiger partial charge in [-0.25, -0.2) is 4.79 Å². The number of nitrogens with two attached hydrogens (primary N) is 1. The molecule has 5 heteroatoms. The molecule has 0 aromatic carbocycles. The van der Waals surface area contributed by atoms with Gasteiger partial charge < -0.3 is 10.5 Å². The number of aromatic nitrogens is 2. The average Bonchev–Trinajstić information content (AvgIpc) is 2.68. The summed E-state index contributed by atoms with van der Waals surface area (Å²) in [5.74, 6) is -0.229. The molecule has 0 radical (unpaired) electrons. The highest BCUT2D eigenvalue weighted by Crippen LogP contribution is 2.13. The first kappa shape index (κ1) is 12.7. The SMILES string of the molecule is CCOC(=O)C(CC)n1cc(CCN)cn1. The third kappa shape index (κ3) is 3.06. The highest BCUT2D eigenvalue weighted by atomic mass is 16.5. The monoisotopic (exact) mass is 225 g/mol. The molecule has 0 bridgehead atoms. The maximum absolute atomic E-state index is 11.6. The topological polar surface area (TPSA) is 70.1 Å². The minimum atomic E-state index is -0.327. The van der Waals surface area contributed by atoms with Gasteiger partial charge in [0.15, 0.2) is 0 Å². The van der Waals surface area contributed by atoms with Crippen molar-refractivity contribution in [3.8, 4) is 0 Å². The minimum Gasteiger partial charge on any atom is -0.464 e. The van der Waals surface area contributed by atoms with E-state index in [9.17, 15) is 4.79 Å². The second-order valence-electron chi connectivity index (χ2n) is 3.54. The second-order valence-corrected chi connectivity index (χ2v) is 3.54. The molecule has 0 saturated carbocycles. The van der Waals surface area contributed by atoms with Crippen LogP contribution in [0.2, 0.25) is 0 Å². The van der Waals surface area contributed by atoms with E-state index in [2.05, 4.69) is 5.10 Å². The Balaban J connectivity index is 2.74. The van der Waals surface area contributed by atoms with Crippen molar-refractivity contribution in [2.75, 3.05) is 13.2 Å². The van der Waals surface area contributed by atoms with Crippen LogP contribution in [0.15, 0.2) is 12.4 Å². The van der Waals surface area contributed by atoms with Gasteiger partial charge in [-0.3, -0.25) is 4.68 Å². The number of esters is 1. The fourth-order valence-electron chi connectivity index (χ4n) is 1.54. The summed E-state index contributed by atoms with van der Waals surface area (Å²) in [6.45, 7) is 4.72. The van der Waals surface area contributed by atoms with Gasteiger partial charge >= 0.3 is 5.97 Å². The molecular weight excluding hydrogens is 206 g/mol. The van der Waals surface area contributed by atoms with Crippen LogP contribution in [0.3, 0.4) is 0 Å². The Kier molecular flexibility index (Phi) is 4.98. The summed E-state index contributed by atoms with van der Waals surface area (Å²) in [4.78, 5) is 11.6. The largest absolute Gasteiger partial charge is 0.464 e. The van der Waals surface area contributed by atoms with Crippen molar-refractivity contribution in [1.29, 1.82) is 0 Å². The van der Waals surface area contributed by atoms with E-state index < -0.39 is 0 Å². The summed E-state index contributed by atoms with van der Waals surface area (Å²) in [7, 11) is 0. The van der Waals surface area contributed by atoms with E-state index in [1.165, 1.54) is 0 Å². The lowest BCUT2D eigenvalue weighted by Gasteiger charge is -2.13. The molecule has 5 nitrogen and oxygen atoms in total. The molecule has 90 valence electrons. The van der Waals surface area contributed by atoms with Crippen LogP contribution in [-0.2, 0) is 16.0 Å². The first-order chi connectivity index (χ1) is 7.72. The molecular formula is C11H19N3O2. The zero-order chi connectivity index (χ0) is 12.0. The molecule has 0 aliphatic heterocycles. The summed E-state index contributed by atoms with van der Waals surface area (Å²) in [6.07, 6.45) is 5.05. The van der Waals surface area contributed by atoms with Crippen molar-refractivity contribution < 1.29 is 9.53 Å². The zero-order valence-electron chi connectivity index (χ0n) is 9.85. The van der Waals surface area contributed by atoms with Crippen LogP contribution in [0, 0.1) is 0 Å². The number of nitrogens with zero attached hydrogens (tertiary/aromatic N) is 2. The highest BCUT2D eigenvalue weighted by molar-refractivity contribution is 5.74. The van der Waals surface area contributed by atoms with Gasteiger partial charge in [-0.2, -0.15) is 5.10 Å². The van der Waals surface area contributed by atoms with Gasteiger partial charge in [0.1, 0.15) is 6.04 Å². The smallest absolute Gasteiger partial charge is 0.330 e. The lowest BCUT2D eigenvalue weighted by Crippen LogP contribution is -2.21. The van der Waals surface area contributed by atoms with Gasteiger partial charge in [0.2, 0.25) is 0 Å². The average molecular weight is 225 g/mol. The van der Waals surface area contributed by atoms with E-state index in [4.69, 9.17) is 10.5 Å². The van der Waals surface area contributed by atoms with Crippen LogP contribution < -0.4 is 5.73 Å². The van der Waals surface area contributed by atoms with Crippen molar-refractivity contribution in [2.24, 2.45) is 5.73 Å². The van der Waals surface area contributed by atoms with Crippen molar-refractivity contribution in [1.82, 2.24) is 9.78 Å². The van der Waals surface area contributed by atoms with Gasteiger partial charge in [-0.05, 0) is 31.9 Å². The number of ether oxygens (including phenoxy) is 1. The Morgan fingerprint density at radius 3 is 2.94 bits per heavy atom. The molecule has 1 aromatic heterocycles. The molecule has 1 atom stereocenters. The van der Waals surface area contributed by atoms with Crippen LogP contribution in [-0.4, -0.2) is 28.9 Å². The van der Waals surface area contributed by atoms with E-state index >= 15 is 0 Å². The molecule has 0 fully saturated rings. The number of carbonyl (C=O) groups excluding carboxylic acids is 1. The third-order valence-electron chi connectivity index (χ3n) is 2.35. The third-order valence-corrected chi connectivity index (χ3v) is 2.35. The number of rotatable bonds is 6. The van der Waals surface area contributed by atoms with Crippen LogP contribution in [0.5, 0.6) is 0 Å². The molecule has 0 aliphatic rings. The van der Waals surface area contributed by atoms with Gasteiger partial charge in [0.05, 0.1) is 12.8 Å². The normalized spacial score (nSPS) is 12.4. The standard InChI is InChI=1S/C11H19N3O2/c1-3-10(11(15)16-4-2)14-8-9(5-6-12)7-13-14/h7-8,10H,3-6,12H2,1-2H3. The Morgan fingerprint density at radius 1 is 1.62 bits per heavy atom. The van der Waals surface area contributed by atoms with Crippen LogP contribution in [0.4, 0.5) is 0 Å². The maximum Gasteiger partial charge on any atom is 0.330 e. The zero-order valence-corrected chi connectivity index (χ0v) is 9.85. The fraction of sp³-hybridized carbons (Fsp3) is 0.636. The van der Waals surface area contributed by atoms with Gasteiger partial charge in [-0.15, -0.1) is 0 Å². The summed E-state index contributed by atoms with van der Waals surface area (Å²) >= 11 is 0. The first-order valence-corrected chi connectivity index (χ1v) is 5.62. The predicted molar refractivity (Wildman–Crippen MR) is 60.9 cm³/mol. The molecule has 16 heavy (non-hydrogen) atoms. The van der Waals surface area contributed by atoms with E-state index in [1.54, 1.807) is 17.8 Å². The summed E-state index contributed by atoms with van der Waals surface area (Å²) in [5, 5.41) is 4.17. The summed E-state index contributed by atoms with van der Waals surface area (Å²) in [6, 6.07) is -0.327. The fourth-order valence-corrected chi connectivity index (χ4v) is 1.54. The molecule has 0 amide bonds. The molecule has 2 N–H and O–H groups in total. The molecule has 1 unspecified atom stereocenters. The number of carbonyl (C=O) groups is 1. The molecule has 0 saturated heterocycles. The molecule has 0 spiro atoms. The van der Waals surface area contributed by atoms with E-state index in [0.717, 1.165) is 12.0 Å². The lowest BCUT2D eigenvalue weighted by molar-refractivity contribution is -0.147. The lowest BCUT2D eigenvalue weighted by atomic mass is 10.2. The molecule has 0 aliphatic carbocycles. The second kappa shape index (κ2) is 6.27. The quantitative estimate of drug-likeness (QED) is 0.730. The maximum atomic E-state index is 11.6. The van der Waals surface area contributed by atoms with Crippen LogP contribution in [0.25, 0.3) is 0 Å². The van der Waals surface area contributed by atoms with Gasteiger partial charge in [0, 0.05) is 6.20 Å². The van der Waals surface area contributed by atoms with Crippen LogP contribution in [0.1, 0.15) is 31.9 Å². The molecule has 1 aromatic rings. The number of hydrogen-bond donors (Lipinski definition) is 1. The summed E-state index contributed by atoms with van der Waals surface area (Å²) in [5.41, 5.74) is 6.50. The Hall–Kier alpha value is -1.36.